The van der Waals surface area contributed by atoms with Crippen LogP contribution in [0.3, 0.4) is 0 Å². The van der Waals surface area contributed by atoms with E-state index in [0.29, 0.717) is 12.2 Å². The highest BCUT2D eigenvalue weighted by atomic mass is 32.1. The molecule has 0 fully saturated rings. The zero-order chi connectivity index (χ0) is 17.3. The first-order chi connectivity index (χ1) is 11.5. The SMILES string of the molecule is CC(C)C(=O)C1=C(O)C(=O)N(Cc2cccs2)C1c1ccccn1. The number of thiophene rings is 1. The lowest BCUT2D eigenvalue weighted by molar-refractivity contribution is -0.130. The van der Waals surface area contributed by atoms with Crippen LogP contribution in [0.15, 0.2) is 53.2 Å². The second-order valence-electron chi connectivity index (χ2n) is 5.95. The molecule has 124 valence electrons. The third kappa shape index (κ3) is 2.85. The van der Waals surface area contributed by atoms with E-state index in [1.165, 1.54) is 16.2 Å². The Hall–Kier alpha value is -2.47. The van der Waals surface area contributed by atoms with E-state index in [2.05, 4.69) is 4.98 Å². The third-order valence-electron chi connectivity index (χ3n) is 3.97. The fourth-order valence-electron chi connectivity index (χ4n) is 2.80. The third-order valence-corrected chi connectivity index (χ3v) is 4.83. The molecular weight excluding hydrogens is 324 g/mol. The van der Waals surface area contributed by atoms with Crippen molar-refractivity contribution in [1.29, 1.82) is 0 Å². The maximum Gasteiger partial charge on any atom is 0.290 e. The zero-order valence-corrected chi connectivity index (χ0v) is 14.3. The highest BCUT2D eigenvalue weighted by Crippen LogP contribution is 2.39. The van der Waals surface area contributed by atoms with Crippen LogP contribution in [0.25, 0.3) is 0 Å². The molecule has 6 heteroatoms. The minimum Gasteiger partial charge on any atom is -0.503 e. The lowest BCUT2D eigenvalue weighted by atomic mass is 9.93. The van der Waals surface area contributed by atoms with Gasteiger partial charge in [0.05, 0.1) is 17.8 Å². The summed E-state index contributed by atoms with van der Waals surface area (Å²) in [5.41, 5.74) is 0.723. The minimum atomic E-state index is -0.657. The number of hydrogen-bond donors (Lipinski definition) is 1. The van der Waals surface area contributed by atoms with Gasteiger partial charge >= 0.3 is 0 Å². The summed E-state index contributed by atoms with van der Waals surface area (Å²) >= 11 is 1.53. The summed E-state index contributed by atoms with van der Waals surface area (Å²) in [6, 6.07) is 8.53. The molecule has 1 atom stereocenters. The van der Waals surface area contributed by atoms with E-state index >= 15 is 0 Å². The van der Waals surface area contributed by atoms with Gasteiger partial charge in [0.15, 0.2) is 11.5 Å². The average Bonchev–Trinajstić information content (AvgIpc) is 3.17. The Kier molecular flexibility index (Phi) is 4.49. The maximum atomic E-state index is 12.6. The molecule has 1 unspecified atom stereocenters. The van der Waals surface area contributed by atoms with Gasteiger partial charge in [-0.3, -0.25) is 14.6 Å². The molecule has 1 N–H and O–H groups in total. The molecule has 3 heterocycles. The molecule has 0 bridgehead atoms. The fourth-order valence-corrected chi connectivity index (χ4v) is 3.50. The van der Waals surface area contributed by atoms with Crippen LogP contribution in [0.5, 0.6) is 0 Å². The van der Waals surface area contributed by atoms with E-state index in [4.69, 9.17) is 0 Å². The smallest absolute Gasteiger partial charge is 0.290 e. The molecule has 0 saturated heterocycles. The molecule has 24 heavy (non-hydrogen) atoms. The summed E-state index contributed by atoms with van der Waals surface area (Å²) in [6.45, 7) is 3.84. The van der Waals surface area contributed by atoms with Crippen LogP contribution in [0.2, 0.25) is 0 Å². The summed E-state index contributed by atoms with van der Waals surface area (Å²) < 4.78 is 0. The summed E-state index contributed by atoms with van der Waals surface area (Å²) in [5, 5.41) is 12.3. The summed E-state index contributed by atoms with van der Waals surface area (Å²) in [4.78, 5) is 32.0. The Morgan fingerprint density at radius 1 is 1.33 bits per heavy atom. The van der Waals surface area contributed by atoms with E-state index in [1.54, 1.807) is 32.2 Å². The first-order valence-electron chi connectivity index (χ1n) is 7.72. The van der Waals surface area contributed by atoms with Gasteiger partial charge in [-0.25, -0.2) is 0 Å². The number of nitrogens with zero attached hydrogens (tertiary/aromatic N) is 2. The lowest BCUT2D eigenvalue weighted by Gasteiger charge is -2.26. The second-order valence-corrected chi connectivity index (χ2v) is 6.98. The van der Waals surface area contributed by atoms with Crippen molar-refractivity contribution in [1.82, 2.24) is 9.88 Å². The van der Waals surface area contributed by atoms with Crippen molar-refractivity contribution in [2.24, 2.45) is 5.92 Å². The monoisotopic (exact) mass is 342 g/mol. The highest BCUT2D eigenvalue weighted by Gasteiger charge is 2.44. The molecule has 1 amide bonds. The number of pyridine rings is 1. The van der Waals surface area contributed by atoms with Crippen LogP contribution in [0.1, 0.15) is 30.5 Å². The number of aliphatic hydroxyl groups is 1. The number of aliphatic hydroxyl groups excluding tert-OH is 1. The summed E-state index contributed by atoms with van der Waals surface area (Å²) in [7, 11) is 0. The Labute approximate surface area is 144 Å². The predicted octanol–water partition coefficient (Wildman–Crippen LogP) is 3.26. The molecule has 1 aliphatic rings. The van der Waals surface area contributed by atoms with Crippen LogP contribution in [-0.2, 0) is 16.1 Å². The maximum absolute atomic E-state index is 12.6. The van der Waals surface area contributed by atoms with Gasteiger partial charge in [-0.2, -0.15) is 0 Å². The topological polar surface area (TPSA) is 70.5 Å². The largest absolute Gasteiger partial charge is 0.503 e. The van der Waals surface area contributed by atoms with Gasteiger partial charge < -0.3 is 10.0 Å². The van der Waals surface area contributed by atoms with Crippen molar-refractivity contribution >= 4 is 23.0 Å². The number of hydrogen-bond acceptors (Lipinski definition) is 5. The molecule has 0 saturated carbocycles. The van der Waals surface area contributed by atoms with Crippen LogP contribution in [0, 0.1) is 5.92 Å². The summed E-state index contributed by atoms with van der Waals surface area (Å²) in [6.07, 6.45) is 1.62. The highest BCUT2D eigenvalue weighted by molar-refractivity contribution is 7.09. The Bertz CT molecular complexity index is 782. The van der Waals surface area contributed by atoms with Crippen molar-refractivity contribution < 1.29 is 14.7 Å². The van der Waals surface area contributed by atoms with Gasteiger partial charge in [0, 0.05) is 17.0 Å². The molecule has 1 aliphatic heterocycles. The minimum absolute atomic E-state index is 0.144. The second kappa shape index (κ2) is 6.57. The number of carbonyl (C=O) groups excluding carboxylic acids is 2. The molecule has 0 aromatic carbocycles. The summed E-state index contributed by atoms with van der Waals surface area (Å²) in [5.74, 6) is -1.53. The number of amides is 1. The Morgan fingerprint density at radius 2 is 2.12 bits per heavy atom. The fraction of sp³-hybridized carbons (Fsp3) is 0.278. The van der Waals surface area contributed by atoms with E-state index in [0.717, 1.165) is 4.88 Å². The number of rotatable bonds is 5. The van der Waals surface area contributed by atoms with Crippen molar-refractivity contribution in [3.05, 3.63) is 63.8 Å². The predicted molar refractivity (Wildman–Crippen MR) is 91.3 cm³/mol. The molecule has 5 nitrogen and oxygen atoms in total. The van der Waals surface area contributed by atoms with Gasteiger partial charge in [0.25, 0.3) is 5.91 Å². The van der Waals surface area contributed by atoms with E-state index < -0.39 is 17.7 Å². The van der Waals surface area contributed by atoms with Gasteiger partial charge in [-0.05, 0) is 23.6 Å². The number of carbonyl (C=O) groups is 2. The first-order valence-corrected chi connectivity index (χ1v) is 8.60. The number of ketones is 1. The molecule has 2 aromatic heterocycles. The average molecular weight is 342 g/mol. The Morgan fingerprint density at radius 3 is 2.71 bits per heavy atom. The van der Waals surface area contributed by atoms with Gasteiger partial charge in [-0.1, -0.05) is 26.0 Å². The van der Waals surface area contributed by atoms with Gasteiger partial charge in [0.1, 0.15) is 6.04 Å². The molecule has 2 aromatic rings. The molecule has 0 aliphatic carbocycles. The van der Waals surface area contributed by atoms with Crippen molar-refractivity contribution in [2.45, 2.75) is 26.4 Å². The first kappa shape index (κ1) is 16.4. The van der Waals surface area contributed by atoms with Gasteiger partial charge in [0.2, 0.25) is 0 Å². The molecule has 0 spiro atoms. The van der Waals surface area contributed by atoms with Crippen LogP contribution in [0.4, 0.5) is 0 Å². The van der Waals surface area contributed by atoms with Crippen molar-refractivity contribution in [2.75, 3.05) is 0 Å². The number of Topliss-reactive ketones (excluding diaryl/α,β-unsaturated/α-hetero) is 1. The zero-order valence-electron chi connectivity index (χ0n) is 13.5. The van der Waals surface area contributed by atoms with Gasteiger partial charge in [-0.15, -0.1) is 11.3 Å². The molecular formula is C18H18N2O3S. The quantitative estimate of drug-likeness (QED) is 0.905. The van der Waals surface area contributed by atoms with Crippen LogP contribution in [-0.4, -0.2) is 26.7 Å². The van der Waals surface area contributed by atoms with Crippen molar-refractivity contribution in [3.63, 3.8) is 0 Å². The lowest BCUT2D eigenvalue weighted by Crippen LogP contribution is -2.31. The molecule has 3 rings (SSSR count). The van der Waals surface area contributed by atoms with E-state index in [-0.39, 0.29) is 17.3 Å². The Balaban J connectivity index is 2.06. The van der Waals surface area contributed by atoms with Crippen molar-refractivity contribution in [3.8, 4) is 0 Å². The standard InChI is InChI=1S/C18H18N2O3S/c1-11(2)16(21)14-15(13-7-3-4-8-19-13)20(18(23)17(14)22)10-12-6-5-9-24-12/h3-9,11,15,22H,10H2,1-2H3. The van der Waals surface area contributed by atoms with E-state index in [9.17, 15) is 14.7 Å². The van der Waals surface area contributed by atoms with Crippen LogP contribution < -0.4 is 0 Å². The molecule has 0 radical (unpaired) electrons. The van der Waals surface area contributed by atoms with E-state index in [1.807, 2.05) is 23.6 Å². The van der Waals surface area contributed by atoms with Crippen LogP contribution >= 0.6 is 11.3 Å². The normalized spacial score (nSPS) is 17.9. The number of aromatic nitrogens is 1.